The summed E-state index contributed by atoms with van der Waals surface area (Å²) in [4.78, 5) is -0.101. The molecule has 1 aromatic carbocycles. The van der Waals surface area contributed by atoms with Gasteiger partial charge in [0, 0.05) is 16.7 Å². The number of hydrogen-bond acceptors (Lipinski definition) is 3. The van der Waals surface area contributed by atoms with Crippen LogP contribution >= 0.6 is 11.6 Å². The summed E-state index contributed by atoms with van der Waals surface area (Å²) in [6.45, 7) is 8.23. The highest BCUT2D eigenvalue weighted by Crippen LogP contribution is 2.39. The van der Waals surface area contributed by atoms with E-state index in [0.29, 0.717) is 11.5 Å². The van der Waals surface area contributed by atoms with Gasteiger partial charge in [-0.15, -0.1) is 11.6 Å². The second kappa shape index (κ2) is 5.90. The predicted octanol–water partition coefficient (Wildman–Crippen LogP) is 3.44. The van der Waals surface area contributed by atoms with Crippen LogP contribution in [0.1, 0.15) is 26.3 Å². The largest absolute Gasteiger partial charge is 0.378 e. The molecule has 1 fully saturated rings. The topological polar surface area (TPSA) is 43.4 Å². The molecule has 5 heteroatoms. The first-order valence-electron chi connectivity index (χ1n) is 7.21. The molecule has 0 unspecified atom stereocenters. The van der Waals surface area contributed by atoms with Crippen molar-refractivity contribution in [3.8, 4) is 0 Å². The van der Waals surface area contributed by atoms with Crippen molar-refractivity contribution < 1.29 is 13.2 Å². The maximum Gasteiger partial charge on any atom is 0.178 e. The molecule has 1 aliphatic heterocycles. The fourth-order valence-electron chi connectivity index (χ4n) is 2.88. The zero-order valence-corrected chi connectivity index (χ0v) is 14.5. The van der Waals surface area contributed by atoms with Gasteiger partial charge < -0.3 is 4.74 Å². The van der Waals surface area contributed by atoms with E-state index in [9.17, 15) is 8.42 Å². The first kappa shape index (κ1) is 16.8. The Balaban J connectivity index is 2.24. The minimum Gasteiger partial charge on any atom is -0.378 e. The van der Waals surface area contributed by atoms with E-state index in [0.717, 1.165) is 5.56 Å². The van der Waals surface area contributed by atoms with Crippen LogP contribution in [0.5, 0.6) is 0 Å². The second-order valence-electron chi connectivity index (χ2n) is 6.47. The standard InChI is InChI=1S/C16H23ClO3S/c1-11-5-7-13(8-6-11)21(18,19)10-14-12(2)20-9-15(14)16(3,4)17/h5-8,12,14-15H,9-10H2,1-4H3/t12-,14-,15+/m1/s1. The second-order valence-corrected chi connectivity index (χ2v) is 9.48. The number of aryl methyl sites for hydroxylation is 1. The lowest BCUT2D eigenvalue weighted by molar-refractivity contribution is 0.107. The predicted molar refractivity (Wildman–Crippen MR) is 85.6 cm³/mol. The van der Waals surface area contributed by atoms with Gasteiger partial charge in [-0.1, -0.05) is 17.7 Å². The van der Waals surface area contributed by atoms with Crippen molar-refractivity contribution in [1.82, 2.24) is 0 Å². The van der Waals surface area contributed by atoms with E-state index in [1.165, 1.54) is 0 Å². The Labute approximate surface area is 132 Å². The SMILES string of the molecule is Cc1ccc(S(=O)(=O)C[C@@H]2[C@@H](C)OC[C@@H]2C(C)(C)Cl)cc1. The molecular weight excluding hydrogens is 308 g/mol. The van der Waals surface area contributed by atoms with E-state index in [1.54, 1.807) is 12.1 Å². The Morgan fingerprint density at radius 2 is 1.86 bits per heavy atom. The van der Waals surface area contributed by atoms with Crippen molar-refractivity contribution in [2.45, 2.75) is 43.6 Å². The molecule has 3 nitrogen and oxygen atoms in total. The monoisotopic (exact) mass is 330 g/mol. The van der Waals surface area contributed by atoms with Crippen LogP contribution in [0.25, 0.3) is 0 Å². The third kappa shape index (κ3) is 3.79. The van der Waals surface area contributed by atoms with Gasteiger partial charge in [-0.2, -0.15) is 0 Å². The Morgan fingerprint density at radius 1 is 1.29 bits per heavy atom. The van der Waals surface area contributed by atoms with E-state index >= 15 is 0 Å². The Kier molecular flexibility index (Phi) is 4.72. The van der Waals surface area contributed by atoms with Gasteiger partial charge >= 0.3 is 0 Å². The molecule has 1 saturated heterocycles. The first-order chi connectivity index (χ1) is 9.61. The molecule has 118 valence electrons. The van der Waals surface area contributed by atoms with Crippen molar-refractivity contribution in [3.05, 3.63) is 29.8 Å². The van der Waals surface area contributed by atoms with Crippen LogP contribution in [0.4, 0.5) is 0 Å². The van der Waals surface area contributed by atoms with Crippen molar-refractivity contribution in [2.24, 2.45) is 11.8 Å². The Hall–Kier alpha value is -0.580. The number of sulfone groups is 1. The molecule has 1 aliphatic rings. The normalized spacial score (nSPS) is 27.0. The highest BCUT2D eigenvalue weighted by molar-refractivity contribution is 7.91. The molecule has 0 aromatic heterocycles. The molecule has 0 spiro atoms. The fourth-order valence-corrected chi connectivity index (χ4v) is 4.86. The van der Waals surface area contributed by atoms with Gasteiger partial charge in [0.2, 0.25) is 0 Å². The van der Waals surface area contributed by atoms with Gasteiger partial charge in [-0.05, 0) is 39.8 Å². The van der Waals surface area contributed by atoms with Gasteiger partial charge in [0.1, 0.15) is 0 Å². The zero-order chi connectivity index (χ0) is 15.8. The fraction of sp³-hybridized carbons (Fsp3) is 0.625. The average Bonchev–Trinajstić information content (AvgIpc) is 2.70. The third-order valence-electron chi connectivity index (χ3n) is 4.33. The van der Waals surface area contributed by atoms with Crippen molar-refractivity contribution in [2.75, 3.05) is 12.4 Å². The quantitative estimate of drug-likeness (QED) is 0.794. The highest BCUT2D eigenvalue weighted by Gasteiger charge is 2.44. The maximum atomic E-state index is 12.6. The number of alkyl halides is 1. The number of ether oxygens (including phenoxy) is 1. The van der Waals surface area contributed by atoms with Crippen molar-refractivity contribution >= 4 is 21.4 Å². The Morgan fingerprint density at radius 3 is 2.38 bits per heavy atom. The number of hydrogen-bond donors (Lipinski definition) is 0. The smallest absolute Gasteiger partial charge is 0.178 e. The summed E-state index contributed by atoms with van der Waals surface area (Å²) >= 11 is 6.42. The summed E-state index contributed by atoms with van der Waals surface area (Å²) in [6.07, 6.45) is -0.0896. The van der Waals surface area contributed by atoms with Gasteiger partial charge in [0.15, 0.2) is 9.84 Å². The van der Waals surface area contributed by atoms with E-state index < -0.39 is 14.7 Å². The first-order valence-corrected chi connectivity index (χ1v) is 9.24. The molecule has 0 saturated carbocycles. The van der Waals surface area contributed by atoms with Gasteiger partial charge in [0.25, 0.3) is 0 Å². The molecule has 3 atom stereocenters. The van der Waals surface area contributed by atoms with E-state index in [1.807, 2.05) is 39.8 Å². The summed E-state index contributed by atoms with van der Waals surface area (Å²) in [7, 11) is -3.33. The van der Waals surface area contributed by atoms with Crippen LogP contribution in [-0.2, 0) is 14.6 Å². The van der Waals surface area contributed by atoms with E-state index in [2.05, 4.69) is 0 Å². The summed E-state index contributed by atoms with van der Waals surface area (Å²) < 4.78 is 30.9. The van der Waals surface area contributed by atoms with Gasteiger partial charge in [-0.3, -0.25) is 0 Å². The molecule has 0 amide bonds. The molecule has 0 aliphatic carbocycles. The minimum absolute atomic E-state index is 0.0365. The van der Waals surface area contributed by atoms with Gasteiger partial charge in [0.05, 0.1) is 23.4 Å². The van der Waals surface area contributed by atoms with Crippen molar-refractivity contribution in [3.63, 3.8) is 0 Å². The molecular formula is C16H23ClO3S. The lowest BCUT2D eigenvalue weighted by Crippen LogP contribution is -2.36. The molecule has 0 N–H and O–H groups in total. The minimum atomic E-state index is -3.33. The zero-order valence-electron chi connectivity index (χ0n) is 13.0. The highest BCUT2D eigenvalue weighted by atomic mass is 35.5. The van der Waals surface area contributed by atoms with Crippen LogP contribution in [0.2, 0.25) is 0 Å². The lowest BCUT2D eigenvalue weighted by atomic mass is 9.84. The Bertz CT molecular complexity index is 587. The number of halogens is 1. The lowest BCUT2D eigenvalue weighted by Gasteiger charge is -2.29. The average molecular weight is 331 g/mol. The summed E-state index contributed by atoms with van der Waals surface area (Å²) in [6, 6.07) is 6.99. The molecule has 0 bridgehead atoms. The third-order valence-corrected chi connectivity index (χ3v) is 6.43. The van der Waals surface area contributed by atoms with Crippen molar-refractivity contribution in [1.29, 1.82) is 0 Å². The molecule has 1 aromatic rings. The number of benzene rings is 1. The van der Waals surface area contributed by atoms with Crippen LogP contribution < -0.4 is 0 Å². The van der Waals surface area contributed by atoms with Crippen LogP contribution in [0.3, 0.4) is 0 Å². The summed E-state index contributed by atoms with van der Waals surface area (Å²) in [5, 5.41) is 0. The molecule has 0 radical (unpaired) electrons. The molecule has 1 heterocycles. The summed E-state index contributed by atoms with van der Waals surface area (Å²) in [5.74, 6) is 0.0381. The van der Waals surface area contributed by atoms with E-state index in [4.69, 9.17) is 16.3 Å². The maximum absolute atomic E-state index is 12.6. The van der Waals surface area contributed by atoms with Gasteiger partial charge in [-0.25, -0.2) is 8.42 Å². The van der Waals surface area contributed by atoms with Crippen LogP contribution in [0, 0.1) is 18.8 Å². The number of rotatable bonds is 4. The summed E-state index contributed by atoms with van der Waals surface area (Å²) in [5.41, 5.74) is 1.05. The van der Waals surface area contributed by atoms with Crippen LogP contribution in [-0.4, -0.2) is 31.8 Å². The van der Waals surface area contributed by atoms with E-state index in [-0.39, 0.29) is 23.7 Å². The molecule has 21 heavy (non-hydrogen) atoms. The molecule has 2 rings (SSSR count). The van der Waals surface area contributed by atoms with Crippen LogP contribution in [0.15, 0.2) is 29.2 Å².